The highest BCUT2D eigenvalue weighted by atomic mass is 16.7. The van der Waals surface area contributed by atoms with Crippen molar-refractivity contribution in [1.29, 1.82) is 0 Å². The summed E-state index contributed by atoms with van der Waals surface area (Å²) in [7, 11) is 0. The van der Waals surface area contributed by atoms with Crippen molar-refractivity contribution >= 4 is 0 Å². The van der Waals surface area contributed by atoms with Crippen molar-refractivity contribution in [3.05, 3.63) is 12.7 Å². The van der Waals surface area contributed by atoms with Gasteiger partial charge in [0.25, 0.3) is 0 Å². The Morgan fingerprint density at radius 3 is 2.77 bits per heavy atom. The second kappa shape index (κ2) is 3.81. The summed E-state index contributed by atoms with van der Waals surface area (Å²) < 4.78 is 11.6. The number of hydrogen-bond donors (Lipinski definition) is 0. The second-order valence-electron chi connectivity index (χ2n) is 3.98. The van der Waals surface area contributed by atoms with E-state index in [0.29, 0.717) is 5.92 Å². The van der Waals surface area contributed by atoms with Crippen molar-refractivity contribution in [1.82, 2.24) is 0 Å². The van der Waals surface area contributed by atoms with Gasteiger partial charge in [0.15, 0.2) is 5.79 Å². The molecule has 1 spiro atoms. The lowest BCUT2D eigenvalue weighted by molar-refractivity contribution is -0.211. The van der Waals surface area contributed by atoms with E-state index in [1.165, 1.54) is 19.3 Å². The van der Waals surface area contributed by atoms with Crippen LogP contribution in [0.4, 0.5) is 0 Å². The second-order valence-corrected chi connectivity index (χ2v) is 3.98. The van der Waals surface area contributed by atoms with E-state index in [1.54, 1.807) is 0 Å². The normalized spacial score (nSPS) is 32.2. The smallest absolute Gasteiger partial charge is 0.171 e. The molecule has 2 aliphatic rings. The van der Waals surface area contributed by atoms with Crippen molar-refractivity contribution in [2.24, 2.45) is 5.92 Å². The molecule has 0 N–H and O–H groups in total. The summed E-state index contributed by atoms with van der Waals surface area (Å²) in [5.41, 5.74) is 0. The van der Waals surface area contributed by atoms with Crippen LogP contribution in [0.25, 0.3) is 0 Å². The molecule has 1 aliphatic carbocycles. The maximum Gasteiger partial charge on any atom is 0.171 e. The van der Waals surface area contributed by atoms with E-state index in [9.17, 15) is 0 Å². The molecular weight excluding hydrogens is 164 g/mol. The summed E-state index contributed by atoms with van der Waals surface area (Å²) in [6, 6.07) is 0. The van der Waals surface area contributed by atoms with Crippen LogP contribution in [-0.4, -0.2) is 19.0 Å². The Morgan fingerprint density at radius 2 is 2.08 bits per heavy atom. The fraction of sp³-hybridized carbons (Fsp3) is 0.818. The monoisotopic (exact) mass is 182 g/mol. The van der Waals surface area contributed by atoms with Gasteiger partial charge in [-0.2, -0.15) is 0 Å². The molecule has 1 atom stereocenters. The summed E-state index contributed by atoms with van der Waals surface area (Å²) in [4.78, 5) is 0. The zero-order valence-electron chi connectivity index (χ0n) is 8.13. The molecule has 0 radical (unpaired) electrons. The lowest BCUT2D eigenvalue weighted by atomic mass is 9.81. The minimum atomic E-state index is -0.230. The van der Waals surface area contributed by atoms with Crippen LogP contribution in [0.3, 0.4) is 0 Å². The Bertz CT molecular complexity index is 183. The van der Waals surface area contributed by atoms with Crippen molar-refractivity contribution in [2.75, 3.05) is 13.2 Å². The van der Waals surface area contributed by atoms with Crippen LogP contribution in [0.2, 0.25) is 0 Å². The minimum Gasteiger partial charge on any atom is -0.347 e. The zero-order valence-corrected chi connectivity index (χ0v) is 8.13. The van der Waals surface area contributed by atoms with Crippen LogP contribution in [0.1, 0.15) is 32.1 Å². The first kappa shape index (κ1) is 9.22. The summed E-state index contributed by atoms with van der Waals surface area (Å²) in [6.07, 6.45) is 7.88. The highest BCUT2D eigenvalue weighted by Crippen LogP contribution is 2.42. The molecule has 2 nitrogen and oxygen atoms in total. The SMILES string of the molecule is C=CC[C@@H]1CCCCC12OCCO2. The molecule has 2 rings (SSSR count). The average Bonchev–Trinajstić information content (AvgIpc) is 2.59. The minimum absolute atomic E-state index is 0.230. The largest absolute Gasteiger partial charge is 0.347 e. The molecular formula is C11H18O2. The third-order valence-electron chi connectivity index (χ3n) is 3.18. The van der Waals surface area contributed by atoms with Crippen molar-refractivity contribution < 1.29 is 9.47 Å². The number of allylic oxidation sites excluding steroid dienone is 1. The first-order valence-corrected chi connectivity index (χ1v) is 5.26. The third kappa shape index (κ3) is 1.65. The van der Waals surface area contributed by atoms with Crippen LogP contribution in [0, 0.1) is 5.92 Å². The Morgan fingerprint density at radius 1 is 1.31 bits per heavy atom. The zero-order chi connectivity index (χ0) is 9.15. The van der Waals surface area contributed by atoms with E-state index in [2.05, 4.69) is 6.58 Å². The quantitative estimate of drug-likeness (QED) is 0.611. The molecule has 1 saturated carbocycles. The fourth-order valence-corrected chi connectivity index (χ4v) is 2.54. The van der Waals surface area contributed by atoms with E-state index in [4.69, 9.17) is 9.47 Å². The van der Waals surface area contributed by atoms with E-state index in [-0.39, 0.29) is 5.79 Å². The van der Waals surface area contributed by atoms with Gasteiger partial charge in [-0.05, 0) is 19.3 Å². The van der Waals surface area contributed by atoms with E-state index >= 15 is 0 Å². The lowest BCUT2D eigenvalue weighted by Gasteiger charge is -2.38. The Hall–Kier alpha value is -0.340. The van der Waals surface area contributed by atoms with Crippen molar-refractivity contribution in [2.45, 2.75) is 37.9 Å². The molecule has 0 aromatic heterocycles. The Balaban J connectivity index is 2.06. The Kier molecular flexibility index (Phi) is 2.70. The fourth-order valence-electron chi connectivity index (χ4n) is 2.54. The summed E-state index contributed by atoms with van der Waals surface area (Å²) in [5.74, 6) is 0.313. The molecule has 74 valence electrons. The van der Waals surface area contributed by atoms with Gasteiger partial charge in [0, 0.05) is 12.3 Å². The molecule has 2 heteroatoms. The first-order chi connectivity index (χ1) is 6.37. The van der Waals surface area contributed by atoms with Gasteiger partial charge in [0.05, 0.1) is 13.2 Å². The van der Waals surface area contributed by atoms with Gasteiger partial charge in [-0.15, -0.1) is 6.58 Å². The number of rotatable bonds is 2. The predicted octanol–water partition coefficient (Wildman–Crippen LogP) is 2.50. The summed E-state index contributed by atoms with van der Waals surface area (Å²) >= 11 is 0. The maximum atomic E-state index is 5.78. The van der Waals surface area contributed by atoms with Crippen molar-refractivity contribution in [3.8, 4) is 0 Å². The van der Waals surface area contributed by atoms with Gasteiger partial charge < -0.3 is 9.47 Å². The molecule has 1 heterocycles. The Labute approximate surface area is 79.9 Å². The molecule has 13 heavy (non-hydrogen) atoms. The summed E-state index contributed by atoms with van der Waals surface area (Å²) in [5, 5.41) is 0. The van der Waals surface area contributed by atoms with Crippen LogP contribution >= 0.6 is 0 Å². The predicted molar refractivity (Wildman–Crippen MR) is 51.4 cm³/mol. The number of hydrogen-bond acceptors (Lipinski definition) is 2. The topological polar surface area (TPSA) is 18.5 Å². The van der Waals surface area contributed by atoms with Crippen LogP contribution < -0.4 is 0 Å². The number of ether oxygens (including phenoxy) is 2. The molecule has 0 aromatic carbocycles. The van der Waals surface area contributed by atoms with Crippen LogP contribution in [0.15, 0.2) is 12.7 Å². The van der Waals surface area contributed by atoms with Gasteiger partial charge in [-0.1, -0.05) is 12.5 Å². The first-order valence-electron chi connectivity index (χ1n) is 5.26. The van der Waals surface area contributed by atoms with Crippen molar-refractivity contribution in [3.63, 3.8) is 0 Å². The molecule has 2 fully saturated rings. The van der Waals surface area contributed by atoms with Gasteiger partial charge >= 0.3 is 0 Å². The van der Waals surface area contributed by atoms with Gasteiger partial charge in [-0.3, -0.25) is 0 Å². The highest BCUT2D eigenvalue weighted by Gasteiger charge is 2.44. The van der Waals surface area contributed by atoms with E-state index < -0.39 is 0 Å². The average molecular weight is 182 g/mol. The van der Waals surface area contributed by atoms with Gasteiger partial charge in [0.1, 0.15) is 0 Å². The third-order valence-corrected chi connectivity index (χ3v) is 3.18. The molecule has 0 amide bonds. The molecule has 1 saturated heterocycles. The summed E-state index contributed by atoms with van der Waals surface area (Å²) in [6.45, 7) is 5.34. The molecule has 0 unspecified atom stereocenters. The van der Waals surface area contributed by atoms with Gasteiger partial charge in [0.2, 0.25) is 0 Å². The van der Waals surface area contributed by atoms with E-state index in [1.807, 2.05) is 6.08 Å². The van der Waals surface area contributed by atoms with Crippen LogP contribution in [0.5, 0.6) is 0 Å². The molecule has 1 aliphatic heterocycles. The highest BCUT2D eigenvalue weighted by molar-refractivity contribution is 4.90. The molecule has 0 aromatic rings. The van der Waals surface area contributed by atoms with Gasteiger partial charge in [-0.25, -0.2) is 0 Å². The van der Waals surface area contributed by atoms with Crippen LogP contribution in [-0.2, 0) is 9.47 Å². The van der Waals surface area contributed by atoms with E-state index in [0.717, 1.165) is 26.1 Å². The maximum absolute atomic E-state index is 5.78. The molecule has 0 bridgehead atoms. The lowest BCUT2D eigenvalue weighted by Crippen LogP contribution is -2.41. The standard InChI is InChI=1S/C11H18O2/c1-2-5-10-6-3-4-7-11(10)12-8-9-13-11/h2,10H,1,3-9H2/t10-/m1/s1.